The van der Waals surface area contributed by atoms with Crippen molar-refractivity contribution in [3.05, 3.63) is 22.8 Å². The Labute approximate surface area is 160 Å². The second kappa shape index (κ2) is 6.11. The van der Waals surface area contributed by atoms with Gasteiger partial charge in [0, 0.05) is 16.9 Å². The molecule has 7 atom stereocenters. The topological polar surface area (TPSA) is 37.3 Å². The van der Waals surface area contributed by atoms with Crippen LogP contribution in [0.4, 0.5) is 0 Å². The monoisotopic (exact) mass is 382 g/mol. The maximum Gasteiger partial charge on any atom is 0.155 e. The number of carbonyl (C=O) groups is 1. The normalized spacial score (nSPS) is 49.5. The highest BCUT2D eigenvalue weighted by atomic mass is 35.5. The van der Waals surface area contributed by atoms with Crippen molar-refractivity contribution in [3.8, 4) is 0 Å². The van der Waals surface area contributed by atoms with Crippen molar-refractivity contribution < 1.29 is 9.90 Å². The molecule has 4 heteroatoms. The highest BCUT2D eigenvalue weighted by molar-refractivity contribution is 6.32. The van der Waals surface area contributed by atoms with E-state index < -0.39 is 5.60 Å². The summed E-state index contributed by atoms with van der Waals surface area (Å²) < 4.78 is 0. The molecule has 138 valence electrons. The third kappa shape index (κ3) is 2.43. The lowest BCUT2D eigenvalue weighted by atomic mass is 9.44. The molecule has 0 amide bonds. The Bertz CT molecular complexity index is 654. The second-order valence-electron chi connectivity index (χ2n) is 9.10. The number of halogens is 2. The van der Waals surface area contributed by atoms with Gasteiger partial charge in [0.05, 0.1) is 5.88 Å². The van der Waals surface area contributed by atoms with E-state index in [1.54, 1.807) is 0 Å². The van der Waals surface area contributed by atoms with Gasteiger partial charge in [-0.1, -0.05) is 37.1 Å². The molecule has 0 aliphatic heterocycles. The van der Waals surface area contributed by atoms with Crippen LogP contribution in [0.5, 0.6) is 0 Å². The molecule has 0 aromatic carbocycles. The van der Waals surface area contributed by atoms with Crippen LogP contribution in [-0.2, 0) is 4.79 Å². The predicted octanol–water partition coefficient (Wildman–Crippen LogP) is 5.08. The Morgan fingerprint density at radius 1 is 1.36 bits per heavy atom. The first-order chi connectivity index (χ1) is 11.8. The molecular weight excluding hydrogens is 355 g/mol. The number of aliphatic hydroxyl groups is 1. The number of rotatable bonds is 1. The summed E-state index contributed by atoms with van der Waals surface area (Å²) in [7, 11) is 0. The van der Waals surface area contributed by atoms with E-state index in [1.807, 2.05) is 12.2 Å². The summed E-state index contributed by atoms with van der Waals surface area (Å²) in [5, 5.41) is 11.9. The molecule has 2 fully saturated rings. The summed E-state index contributed by atoms with van der Waals surface area (Å²) in [6.07, 6.45) is 9.69. The Kier molecular flexibility index (Phi) is 4.41. The van der Waals surface area contributed by atoms with Gasteiger partial charge in [0.1, 0.15) is 5.60 Å². The maximum atomic E-state index is 11.9. The van der Waals surface area contributed by atoms with E-state index in [1.165, 1.54) is 5.57 Å². The van der Waals surface area contributed by atoms with E-state index in [0.29, 0.717) is 46.8 Å². The number of allylic oxidation sites excluding steroid dienone is 3. The van der Waals surface area contributed by atoms with Crippen molar-refractivity contribution in [1.29, 1.82) is 0 Å². The van der Waals surface area contributed by atoms with Gasteiger partial charge in [-0.3, -0.25) is 4.79 Å². The van der Waals surface area contributed by atoms with Crippen LogP contribution < -0.4 is 0 Å². The molecule has 2 nitrogen and oxygen atoms in total. The maximum absolute atomic E-state index is 11.9. The van der Waals surface area contributed by atoms with Crippen LogP contribution in [0.1, 0.15) is 52.4 Å². The molecule has 4 aliphatic rings. The summed E-state index contributed by atoms with van der Waals surface area (Å²) in [6.45, 7) is 4.54. The molecule has 1 unspecified atom stereocenters. The highest BCUT2D eigenvalue weighted by Gasteiger charge is 2.61. The van der Waals surface area contributed by atoms with Crippen LogP contribution in [-0.4, -0.2) is 22.4 Å². The van der Waals surface area contributed by atoms with Gasteiger partial charge in [0.15, 0.2) is 5.78 Å². The highest BCUT2D eigenvalue weighted by Crippen LogP contribution is 2.64. The van der Waals surface area contributed by atoms with Crippen LogP contribution in [0.15, 0.2) is 22.8 Å². The zero-order valence-electron chi connectivity index (χ0n) is 15.1. The smallest absolute Gasteiger partial charge is 0.155 e. The number of hydrogen-bond donors (Lipinski definition) is 1. The number of ketones is 1. The van der Waals surface area contributed by atoms with Crippen LogP contribution in [0, 0.1) is 35.0 Å². The lowest BCUT2D eigenvalue weighted by molar-refractivity contribution is -0.141. The third-order valence-electron chi connectivity index (χ3n) is 8.11. The van der Waals surface area contributed by atoms with Crippen molar-refractivity contribution in [1.82, 2.24) is 0 Å². The zero-order valence-corrected chi connectivity index (χ0v) is 16.6. The lowest BCUT2D eigenvalue weighted by Crippen LogP contribution is -2.61. The minimum atomic E-state index is -1.11. The van der Waals surface area contributed by atoms with Crippen LogP contribution in [0.2, 0.25) is 0 Å². The molecule has 0 saturated heterocycles. The van der Waals surface area contributed by atoms with Crippen molar-refractivity contribution in [2.75, 3.05) is 5.88 Å². The molecule has 0 heterocycles. The summed E-state index contributed by atoms with van der Waals surface area (Å²) in [6, 6.07) is 0. The van der Waals surface area contributed by atoms with Gasteiger partial charge in [0.2, 0.25) is 0 Å². The molecule has 0 aromatic rings. The standard InChI is InChI=1S/C21H28Cl2O2/c1-12-9-13-10-14(24)3-4-15(13)16-7-8-20(2)17(19(12)16)5-6-18(23)21(20,25)11-22/h6,10,12,15-17,19,25H,3-5,7-9,11H2,1-2H3/t12-,15+,16-,17+,19-,20+,21?/m1/s1. The molecule has 0 bridgehead atoms. The quantitative estimate of drug-likeness (QED) is 0.642. The van der Waals surface area contributed by atoms with Crippen LogP contribution in [0.25, 0.3) is 0 Å². The minimum absolute atomic E-state index is 0.157. The molecule has 0 radical (unpaired) electrons. The van der Waals surface area contributed by atoms with Crippen molar-refractivity contribution >= 4 is 29.0 Å². The Morgan fingerprint density at radius 3 is 2.84 bits per heavy atom. The fraction of sp³-hybridized carbons (Fsp3) is 0.762. The SMILES string of the molecule is C[C@@H]1CC2=CC(=O)CC[C@@H]2[C@H]2CC[C@@]3(C)[C@@H](CC=C(Cl)C3(O)CCl)[C@@H]21. The number of fused-ring (bicyclic) bond motifs is 5. The van der Waals surface area contributed by atoms with Gasteiger partial charge in [-0.05, 0) is 67.8 Å². The summed E-state index contributed by atoms with van der Waals surface area (Å²) in [5.74, 6) is 3.18. The number of carbonyl (C=O) groups excluding carboxylic acids is 1. The molecule has 0 spiro atoms. The Morgan fingerprint density at radius 2 is 2.12 bits per heavy atom. The average Bonchev–Trinajstić information content (AvgIpc) is 2.58. The third-order valence-corrected chi connectivity index (χ3v) is 8.97. The predicted molar refractivity (Wildman–Crippen MR) is 102 cm³/mol. The molecule has 4 aliphatic carbocycles. The number of hydrogen-bond acceptors (Lipinski definition) is 2. The van der Waals surface area contributed by atoms with Crippen LogP contribution in [0.3, 0.4) is 0 Å². The molecule has 4 rings (SSSR count). The minimum Gasteiger partial charge on any atom is -0.382 e. The van der Waals surface area contributed by atoms with E-state index >= 15 is 0 Å². The van der Waals surface area contributed by atoms with E-state index in [4.69, 9.17) is 23.2 Å². The molecule has 0 aromatic heterocycles. The molecular formula is C21H28Cl2O2. The fourth-order valence-corrected chi connectivity index (χ4v) is 7.64. The van der Waals surface area contributed by atoms with Gasteiger partial charge < -0.3 is 5.11 Å². The van der Waals surface area contributed by atoms with Gasteiger partial charge in [-0.2, -0.15) is 0 Å². The second-order valence-corrected chi connectivity index (χ2v) is 9.77. The zero-order chi connectivity index (χ0) is 18.0. The summed E-state index contributed by atoms with van der Waals surface area (Å²) in [4.78, 5) is 11.9. The van der Waals surface area contributed by atoms with Crippen molar-refractivity contribution in [3.63, 3.8) is 0 Å². The summed E-state index contributed by atoms with van der Waals surface area (Å²) in [5.41, 5.74) is 0.0231. The average molecular weight is 383 g/mol. The summed E-state index contributed by atoms with van der Waals surface area (Å²) >= 11 is 12.7. The Balaban J connectivity index is 1.73. The van der Waals surface area contributed by atoms with Gasteiger partial charge >= 0.3 is 0 Å². The van der Waals surface area contributed by atoms with E-state index in [2.05, 4.69) is 13.8 Å². The first-order valence-corrected chi connectivity index (χ1v) is 10.6. The molecule has 2 saturated carbocycles. The van der Waals surface area contributed by atoms with E-state index in [9.17, 15) is 9.90 Å². The van der Waals surface area contributed by atoms with Gasteiger partial charge in [-0.25, -0.2) is 0 Å². The van der Waals surface area contributed by atoms with E-state index in [0.717, 1.165) is 32.1 Å². The molecule has 25 heavy (non-hydrogen) atoms. The molecule has 1 N–H and O–H groups in total. The van der Waals surface area contributed by atoms with Gasteiger partial charge in [0.25, 0.3) is 0 Å². The lowest BCUT2D eigenvalue weighted by Gasteiger charge is -2.62. The number of alkyl halides is 1. The first-order valence-electron chi connectivity index (χ1n) is 9.69. The Hall–Kier alpha value is -0.310. The van der Waals surface area contributed by atoms with Crippen molar-refractivity contribution in [2.45, 2.75) is 58.0 Å². The largest absolute Gasteiger partial charge is 0.382 e. The fourth-order valence-electron chi connectivity index (χ4n) is 6.75. The first kappa shape index (κ1) is 18.1. The van der Waals surface area contributed by atoms with Crippen molar-refractivity contribution in [2.24, 2.45) is 35.0 Å². The van der Waals surface area contributed by atoms with Gasteiger partial charge in [-0.15, -0.1) is 11.6 Å². The van der Waals surface area contributed by atoms with E-state index in [-0.39, 0.29) is 11.3 Å². The van der Waals surface area contributed by atoms with Crippen LogP contribution >= 0.6 is 23.2 Å².